The summed E-state index contributed by atoms with van der Waals surface area (Å²) in [6.07, 6.45) is 7.75. The van der Waals surface area contributed by atoms with Gasteiger partial charge in [-0.25, -0.2) is 0 Å². The molecule has 8 aromatic carbocycles. The van der Waals surface area contributed by atoms with E-state index in [4.69, 9.17) is 9.72 Å². The molecule has 3 aliphatic heterocycles. The summed E-state index contributed by atoms with van der Waals surface area (Å²) in [5, 5.41) is 1.33. The molecule has 0 radical (unpaired) electrons. The van der Waals surface area contributed by atoms with Crippen LogP contribution in [-0.2, 0) is 26.5 Å². The number of hydrogen-bond acceptors (Lipinski definition) is 4. The molecule has 73 heavy (non-hydrogen) atoms. The molecule has 5 nitrogen and oxygen atoms in total. The molecule has 8 heteroatoms. The topological polar surface area (TPSA) is 33.5 Å². The molecule has 2 aromatic heterocycles. The minimum absolute atomic E-state index is 0. The van der Waals surface area contributed by atoms with Crippen LogP contribution in [-0.4, -0.2) is 29.5 Å². The largest absolute Gasteiger partial charge is 0 e. The normalized spacial score (nSPS) is 15.6. The zero-order valence-electron chi connectivity index (χ0n) is 41.1. The summed E-state index contributed by atoms with van der Waals surface area (Å²) in [5.74, 6) is 2.22. The predicted molar refractivity (Wildman–Crippen MR) is 301 cm³/mol. The second kappa shape index (κ2) is 17.5. The predicted octanol–water partition coefficient (Wildman–Crippen LogP) is 12.5. The summed E-state index contributed by atoms with van der Waals surface area (Å²) < 4.78 is 14.5. The third kappa shape index (κ3) is 6.97. The summed E-state index contributed by atoms with van der Waals surface area (Å²) in [6, 6.07) is 76.2. The van der Waals surface area contributed by atoms with E-state index < -0.39 is 13.3 Å². The molecule has 4 aliphatic rings. The Bertz CT molecular complexity index is 3740. The molecule has 0 saturated carbocycles. The van der Waals surface area contributed by atoms with Gasteiger partial charge in [0.15, 0.2) is 0 Å². The van der Waals surface area contributed by atoms with Gasteiger partial charge in [0.1, 0.15) is 0 Å². The SMILES string of the molecule is CB1c2cccc[c]2[Ge]2([c]3ccccc31)[c]1cc(Oc3[c-]c(N4[CH-]N(c5c(-c6ccccc6)cccc5-c5ccccc5)c5ccccc54)ccc3)[c-]c3c1c1c(n3-c3cc(C(C)(C)C)ccn3)C=CC[CH]12.[Pt]. The van der Waals surface area contributed by atoms with Crippen LogP contribution < -0.4 is 38.7 Å². The van der Waals surface area contributed by atoms with E-state index in [0.717, 1.165) is 62.8 Å². The Kier molecular flexibility index (Phi) is 11.0. The standard InChI is InChI=1S/C65H50BGeN4O.Pt/c1-65(2,3)45-36-37-68-61(38-45)71-59-35-19-32-55-62(59)63-56(67(55)53-30-13-11-28-51(53)66(4)52-29-12-14-31-54(52)67)40-48(41-60(63)71)72-47-25-17-24-46(39-47)69-42-70(58-34-16-15-33-57(58)69)64-49(43-20-7-5-8-21-43)26-18-27-50(64)44-22-9-6-10-23-44;/h5-31,33-38,40,42,55H,32H2,1-4H3;/q-3;. The molecule has 356 valence electrons. The van der Waals surface area contributed by atoms with Gasteiger partial charge in [-0.05, 0) is 11.1 Å². The molecule has 1 spiro atoms. The van der Waals surface area contributed by atoms with Crippen LogP contribution in [0.2, 0.25) is 6.82 Å². The first-order valence-electron chi connectivity index (χ1n) is 25.2. The van der Waals surface area contributed by atoms with Crippen molar-refractivity contribution in [2.24, 2.45) is 0 Å². The van der Waals surface area contributed by atoms with E-state index in [2.05, 4.69) is 255 Å². The minimum atomic E-state index is -3.57. The number of hydrogen-bond donors (Lipinski definition) is 0. The number of anilines is 4. The molecule has 1 aliphatic carbocycles. The summed E-state index contributed by atoms with van der Waals surface area (Å²) in [5.41, 5.74) is 16.6. The van der Waals surface area contributed by atoms with Gasteiger partial charge >= 0.3 is 338 Å². The van der Waals surface area contributed by atoms with Gasteiger partial charge in [0.25, 0.3) is 0 Å². The Morgan fingerprint density at radius 2 is 1.26 bits per heavy atom. The van der Waals surface area contributed by atoms with Gasteiger partial charge in [-0.1, -0.05) is 78.9 Å². The van der Waals surface area contributed by atoms with E-state index in [1.54, 1.807) is 8.79 Å². The van der Waals surface area contributed by atoms with Crippen molar-refractivity contribution in [2.45, 2.75) is 44.2 Å². The van der Waals surface area contributed by atoms with E-state index in [9.17, 15) is 0 Å². The maximum atomic E-state index is 7.21. The number of para-hydroxylation sites is 3. The average Bonchev–Trinajstić information content (AvgIpc) is 4.07. The van der Waals surface area contributed by atoms with Gasteiger partial charge in [-0.2, -0.15) is 0 Å². The quantitative estimate of drug-likeness (QED) is 0.118. The zero-order valence-corrected chi connectivity index (χ0v) is 45.5. The van der Waals surface area contributed by atoms with Crippen LogP contribution in [0.25, 0.3) is 45.1 Å². The number of aromatic nitrogens is 2. The van der Waals surface area contributed by atoms with Crippen LogP contribution in [0.15, 0.2) is 200 Å². The van der Waals surface area contributed by atoms with Gasteiger partial charge < -0.3 is 0 Å². The van der Waals surface area contributed by atoms with Crippen molar-refractivity contribution in [1.29, 1.82) is 0 Å². The van der Waals surface area contributed by atoms with Crippen LogP contribution in [0.5, 0.6) is 11.5 Å². The van der Waals surface area contributed by atoms with Crippen molar-refractivity contribution in [3.8, 4) is 39.6 Å². The third-order valence-electron chi connectivity index (χ3n) is 15.8. The number of allylic oxidation sites excluding steroid dienone is 1. The third-order valence-corrected chi connectivity index (χ3v) is 27.2. The molecule has 1 unspecified atom stereocenters. The average molecular weight is 1180 g/mol. The molecule has 0 amide bonds. The van der Waals surface area contributed by atoms with Crippen molar-refractivity contribution < 1.29 is 25.8 Å². The van der Waals surface area contributed by atoms with Crippen LogP contribution in [0.4, 0.5) is 22.7 Å². The number of rotatable bonds is 7. The van der Waals surface area contributed by atoms with Crippen molar-refractivity contribution >= 4 is 83.8 Å². The summed E-state index contributed by atoms with van der Waals surface area (Å²) >= 11 is -3.57. The fraction of sp³-hybridized carbons (Fsp3) is 0.108. The van der Waals surface area contributed by atoms with E-state index >= 15 is 0 Å². The molecule has 10 aromatic rings. The number of fused-ring (bicyclic) bond motifs is 7. The number of benzene rings is 8. The Labute approximate surface area is 445 Å². The van der Waals surface area contributed by atoms with Crippen LogP contribution in [0.1, 0.15) is 48.8 Å². The molecular weight excluding hydrogens is 1130 g/mol. The first kappa shape index (κ1) is 45.7. The van der Waals surface area contributed by atoms with Gasteiger partial charge in [-0.3, -0.25) is 0 Å². The Balaban J connectivity index is 0.00000516. The molecule has 5 heterocycles. The van der Waals surface area contributed by atoms with E-state index in [0.29, 0.717) is 23.0 Å². The van der Waals surface area contributed by atoms with Gasteiger partial charge in [0, 0.05) is 21.1 Å². The van der Waals surface area contributed by atoms with E-state index in [-0.39, 0.29) is 26.5 Å². The van der Waals surface area contributed by atoms with Crippen molar-refractivity contribution in [1.82, 2.24) is 9.55 Å². The van der Waals surface area contributed by atoms with Crippen LogP contribution in [0, 0.1) is 18.8 Å². The van der Waals surface area contributed by atoms with Crippen molar-refractivity contribution in [3.63, 3.8) is 0 Å². The molecule has 14 rings (SSSR count). The molecule has 1 atom stereocenters. The molecule has 0 N–H and O–H groups in total. The minimum Gasteiger partial charge on any atom is 0 e. The van der Waals surface area contributed by atoms with Crippen molar-refractivity contribution in [3.05, 3.63) is 236 Å². The molecule has 0 saturated heterocycles. The molecular formula is C65H50BGeN4OPt-3. The van der Waals surface area contributed by atoms with Gasteiger partial charge in [0.2, 0.25) is 0 Å². The summed E-state index contributed by atoms with van der Waals surface area (Å²) in [7, 11) is 0. The van der Waals surface area contributed by atoms with Crippen molar-refractivity contribution in [2.75, 3.05) is 9.80 Å². The van der Waals surface area contributed by atoms with E-state index in [1.165, 1.54) is 37.5 Å². The van der Waals surface area contributed by atoms with Crippen LogP contribution in [0.3, 0.4) is 0 Å². The number of nitrogens with zero attached hydrogens (tertiary/aromatic N) is 4. The maximum absolute atomic E-state index is 7.21. The van der Waals surface area contributed by atoms with E-state index in [1.807, 2.05) is 12.3 Å². The van der Waals surface area contributed by atoms with Gasteiger partial charge in [0.05, 0.1) is 0 Å². The first-order valence-corrected chi connectivity index (χ1v) is 29.6. The second-order valence-corrected chi connectivity index (χ2v) is 29.0. The smallest absolute Gasteiger partial charge is 0 e. The van der Waals surface area contributed by atoms with Gasteiger partial charge in [-0.15, -0.1) is 0 Å². The zero-order chi connectivity index (χ0) is 48.3. The molecule has 0 fully saturated rings. The Morgan fingerprint density at radius 3 is 1.93 bits per heavy atom. The Morgan fingerprint density at radius 1 is 0.644 bits per heavy atom. The second-order valence-electron chi connectivity index (χ2n) is 20.7. The monoisotopic (exact) mass is 1180 g/mol. The summed E-state index contributed by atoms with van der Waals surface area (Å²) in [6.45, 7) is 11.7. The fourth-order valence-corrected chi connectivity index (χ4v) is 26.2. The summed E-state index contributed by atoms with van der Waals surface area (Å²) in [4.78, 5) is 9.70. The molecule has 0 bridgehead atoms. The maximum Gasteiger partial charge on any atom is 0 e. The first-order chi connectivity index (χ1) is 35.3. The fourth-order valence-electron chi connectivity index (χ4n) is 12.7. The Hall–Kier alpha value is -7.11. The number of pyridine rings is 1. The number of ether oxygens (including phenoxy) is 1. The van der Waals surface area contributed by atoms with Crippen LogP contribution >= 0.6 is 0 Å².